The summed E-state index contributed by atoms with van der Waals surface area (Å²) in [6, 6.07) is 16.6. The quantitative estimate of drug-likeness (QED) is 0.674. The first-order valence-electron chi connectivity index (χ1n) is 8.02. The fourth-order valence-corrected chi connectivity index (χ4v) is 3.07. The molecule has 0 bridgehead atoms. The standard InChI is InChI=1S/C20H19NO/c1-2-13-7-9-14(10-8-13)19-18(20(22)15-11-12-15)16-5-3-4-6-17(16)21-19/h3-10,15,21H,2,11-12H2,1H3. The number of hydrogen-bond acceptors (Lipinski definition) is 1. The van der Waals surface area contributed by atoms with Crippen molar-refractivity contribution < 1.29 is 4.79 Å². The molecule has 1 saturated carbocycles. The van der Waals surface area contributed by atoms with Crippen LogP contribution in [0.2, 0.25) is 0 Å². The van der Waals surface area contributed by atoms with E-state index >= 15 is 0 Å². The molecule has 0 spiro atoms. The summed E-state index contributed by atoms with van der Waals surface area (Å²) in [5.74, 6) is 0.528. The molecule has 2 heteroatoms. The normalized spacial score (nSPS) is 14.4. The minimum absolute atomic E-state index is 0.230. The smallest absolute Gasteiger partial charge is 0.168 e. The van der Waals surface area contributed by atoms with Gasteiger partial charge in [0.25, 0.3) is 0 Å². The van der Waals surface area contributed by atoms with Crippen LogP contribution in [0.15, 0.2) is 48.5 Å². The maximum atomic E-state index is 12.8. The van der Waals surface area contributed by atoms with Crippen LogP contribution in [0.1, 0.15) is 35.7 Å². The minimum atomic E-state index is 0.230. The number of Topliss-reactive ketones (excluding diaryl/α,β-unsaturated/α-hetero) is 1. The highest BCUT2D eigenvalue weighted by Gasteiger charge is 2.33. The molecule has 2 aromatic carbocycles. The summed E-state index contributed by atoms with van der Waals surface area (Å²) >= 11 is 0. The van der Waals surface area contributed by atoms with Crippen molar-refractivity contribution in [2.24, 2.45) is 5.92 Å². The van der Waals surface area contributed by atoms with Crippen molar-refractivity contribution in [2.75, 3.05) is 0 Å². The van der Waals surface area contributed by atoms with Crippen LogP contribution in [0, 0.1) is 5.92 Å². The summed E-state index contributed by atoms with van der Waals surface area (Å²) in [6.07, 6.45) is 3.10. The van der Waals surface area contributed by atoms with Crippen LogP contribution in [-0.4, -0.2) is 10.8 Å². The van der Waals surface area contributed by atoms with Gasteiger partial charge in [0, 0.05) is 16.8 Å². The third-order valence-corrected chi connectivity index (χ3v) is 4.55. The summed E-state index contributed by atoms with van der Waals surface area (Å²) in [6.45, 7) is 2.15. The Labute approximate surface area is 130 Å². The molecule has 0 aliphatic heterocycles. The van der Waals surface area contributed by atoms with Gasteiger partial charge in [-0.25, -0.2) is 0 Å². The Bertz CT molecular complexity index is 838. The van der Waals surface area contributed by atoms with E-state index in [-0.39, 0.29) is 5.92 Å². The van der Waals surface area contributed by atoms with Gasteiger partial charge in [0.15, 0.2) is 5.78 Å². The molecular formula is C20H19NO. The van der Waals surface area contributed by atoms with Crippen molar-refractivity contribution in [2.45, 2.75) is 26.2 Å². The molecule has 1 aromatic heterocycles. The Kier molecular flexibility index (Phi) is 3.11. The predicted octanol–water partition coefficient (Wildman–Crippen LogP) is 4.99. The third kappa shape index (κ3) is 2.16. The number of benzene rings is 2. The second-order valence-electron chi connectivity index (χ2n) is 6.11. The number of aromatic nitrogens is 1. The number of aromatic amines is 1. The molecule has 0 atom stereocenters. The van der Waals surface area contributed by atoms with E-state index in [1.807, 2.05) is 24.3 Å². The third-order valence-electron chi connectivity index (χ3n) is 4.55. The lowest BCUT2D eigenvalue weighted by Crippen LogP contribution is -2.02. The van der Waals surface area contributed by atoms with Crippen molar-refractivity contribution >= 4 is 16.7 Å². The molecule has 1 fully saturated rings. The molecule has 4 rings (SSSR count). The molecule has 1 N–H and O–H groups in total. The molecule has 1 heterocycles. The van der Waals surface area contributed by atoms with Gasteiger partial charge in [-0.1, -0.05) is 49.4 Å². The monoisotopic (exact) mass is 289 g/mol. The highest BCUT2D eigenvalue weighted by Crippen LogP contribution is 2.39. The molecule has 1 aliphatic carbocycles. The van der Waals surface area contributed by atoms with Crippen molar-refractivity contribution in [1.29, 1.82) is 0 Å². The first kappa shape index (κ1) is 13.3. The first-order valence-corrected chi connectivity index (χ1v) is 8.02. The Morgan fingerprint density at radius 3 is 2.50 bits per heavy atom. The van der Waals surface area contributed by atoms with E-state index in [4.69, 9.17) is 0 Å². The van der Waals surface area contributed by atoms with E-state index in [9.17, 15) is 4.79 Å². The number of para-hydroxylation sites is 1. The number of H-pyrrole nitrogens is 1. The molecule has 0 amide bonds. The van der Waals surface area contributed by atoms with Gasteiger partial charge in [0.05, 0.1) is 11.3 Å². The second-order valence-corrected chi connectivity index (χ2v) is 6.11. The van der Waals surface area contributed by atoms with Crippen LogP contribution >= 0.6 is 0 Å². The largest absolute Gasteiger partial charge is 0.354 e. The Hall–Kier alpha value is -2.35. The van der Waals surface area contributed by atoms with Crippen LogP contribution in [0.25, 0.3) is 22.2 Å². The van der Waals surface area contributed by atoms with E-state index in [2.05, 4.69) is 36.2 Å². The van der Waals surface area contributed by atoms with Crippen LogP contribution < -0.4 is 0 Å². The molecule has 3 aromatic rings. The molecule has 2 nitrogen and oxygen atoms in total. The summed E-state index contributed by atoms with van der Waals surface area (Å²) in [5, 5.41) is 1.05. The zero-order valence-electron chi connectivity index (χ0n) is 12.7. The van der Waals surface area contributed by atoms with Gasteiger partial charge in [-0.05, 0) is 36.5 Å². The molecule has 0 unspecified atom stereocenters. The number of carbonyl (C=O) groups is 1. The molecular weight excluding hydrogens is 270 g/mol. The van der Waals surface area contributed by atoms with Crippen molar-refractivity contribution in [3.63, 3.8) is 0 Å². The number of rotatable bonds is 4. The number of fused-ring (bicyclic) bond motifs is 1. The lowest BCUT2D eigenvalue weighted by Gasteiger charge is -2.05. The highest BCUT2D eigenvalue weighted by atomic mass is 16.1. The van der Waals surface area contributed by atoms with Gasteiger partial charge in [-0.3, -0.25) is 4.79 Å². The van der Waals surface area contributed by atoms with Gasteiger partial charge in [0.2, 0.25) is 0 Å². The summed E-state index contributed by atoms with van der Waals surface area (Å²) in [4.78, 5) is 16.2. The molecule has 0 saturated heterocycles. The average molecular weight is 289 g/mol. The summed E-state index contributed by atoms with van der Waals surface area (Å²) in [5.41, 5.74) is 5.30. The van der Waals surface area contributed by atoms with Crippen LogP contribution in [0.4, 0.5) is 0 Å². The van der Waals surface area contributed by atoms with Gasteiger partial charge in [0.1, 0.15) is 0 Å². The number of ketones is 1. The molecule has 0 radical (unpaired) electrons. The highest BCUT2D eigenvalue weighted by molar-refractivity contribution is 6.14. The zero-order chi connectivity index (χ0) is 15.1. The fourth-order valence-electron chi connectivity index (χ4n) is 3.07. The van der Waals surface area contributed by atoms with Gasteiger partial charge >= 0.3 is 0 Å². The predicted molar refractivity (Wildman–Crippen MR) is 90.2 cm³/mol. The van der Waals surface area contributed by atoms with E-state index in [0.29, 0.717) is 5.78 Å². The van der Waals surface area contributed by atoms with E-state index < -0.39 is 0 Å². The average Bonchev–Trinajstić information content (AvgIpc) is 3.34. The van der Waals surface area contributed by atoms with Crippen LogP contribution in [0.5, 0.6) is 0 Å². The number of nitrogens with one attached hydrogen (secondary N) is 1. The number of hydrogen-bond donors (Lipinski definition) is 1. The fraction of sp³-hybridized carbons (Fsp3) is 0.250. The number of carbonyl (C=O) groups excluding carboxylic acids is 1. The number of aryl methyl sites for hydroxylation is 1. The second kappa shape index (κ2) is 5.13. The molecule has 1 aliphatic rings. The maximum absolute atomic E-state index is 12.8. The Balaban J connectivity index is 1.91. The van der Waals surface area contributed by atoms with Gasteiger partial charge in [-0.2, -0.15) is 0 Å². The lowest BCUT2D eigenvalue weighted by molar-refractivity contribution is 0.0970. The van der Waals surface area contributed by atoms with Crippen molar-refractivity contribution in [3.05, 3.63) is 59.7 Å². The lowest BCUT2D eigenvalue weighted by atomic mass is 9.98. The summed E-state index contributed by atoms with van der Waals surface area (Å²) in [7, 11) is 0. The van der Waals surface area contributed by atoms with E-state index in [0.717, 1.165) is 47.0 Å². The summed E-state index contributed by atoms with van der Waals surface area (Å²) < 4.78 is 0. The topological polar surface area (TPSA) is 32.9 Å². The van der Waals surface area contributed by atoms with E-state index in [1.165, 1.54) is 5.56 Å². The molecule has 22 heavy (non-hydrogen) atoms. The Morgan fingerprint density at radius 1 is 1.09 bits per heavy atom. The SMILES string of the molecule is CCc1ccc(-c2[nH]c3ccccc3c2C(=O)C2CC2)cc1. The van der Waals surface area contributed by atoms with Crippen molar-refractivity contribution in [3.8, 4) is 11.3 Å². The van der Waals surface area contributed by atoms with Crippen LogP contribution in [0.3, 0.4) is 0 Å². The van der Waals surface area contributed by atoms with Crippen molar-refractivity contribution in [1.82, 2.24) is 4.98 Å². The minimum Gasteiger partial charge on any atom is -0.354 e. The first-order chi connectivity index (χ1) is 10.8. The van der Waals surface area contributed by atoms with E-state index in [1.54, 1.807) is 0 Å². The molecule has 110 valence electrons. The van der Waals surface area contributed by atoms with Gasteiger partial charge < -0.3 is 4.98 Å². The maximum Gasteiger partial charge on any atom is 0.168 e. The zero-order valence-corrected chi connectivity index (χ0v) is 12.7. The Morgan fingerprint density at radius 2 is 1.82 bits per heavy atom. The van der Waals surface area contributed by atoms with Crippen LogP contribution in [-0.2, 0) is 6.42 Å². The van der Waals surface area contributed by atoms with Gasteiger partial charge in [-0.15, -0.1) is 0 Å².